The fourth-order valence-electron chi connectivity index (χ4n) is 5.24. The summed E-state index contributed by atoms with van der Waals surface area (Å²) >= 11 is 3.23. The number of phenolic OH excluding ortho intramolecular Hbond substituents is 1. The lowest BCUT2D eigenvalue weighted by Crippen LogP contribution is -2.46. The van der Waals surface area contributed by atoms with Crippen molar-refractivity contribution in [3.05, 3.63) is 90.1 Å². The van der Waals surface area contributed by atoms with Crippen molar-refractivity contribution in [2.75, 3.05) is 47.7 Å². The van der Waals surface area contributed by atoms with Gasteiger partial charge in [0.15, 0.2) is 0 Å². The monoisotopic (exact) mass is 648 g/mol. The van der Waals surface area contributed by atoms with Crippen LogP contribution in [0.15, 0.2) is 90.0 Å². The molecule has 2 aromatic heterocycles. The smallest absolute Gasteiger partial charge is 0.227 e. The number of nitrogens with one attached hydrogen (secondary N) is 2. The van der Waals surface area contributed by atoms with Crippen LogP contribution in [-0.2, 0) is 0 Å². The molecule has 3 aromatic carbocycles. The second-order valence-corrected chi connectivity index (χ2v) is 13.2. The standard InChI is InChI=1S/C35H36N8OS2/c1-24(2)34-40-32(25-8-6-9-27(22-25)41-46-28-10-4-3-5-11-28)33(45-34)29-14-16-37-35(39-29)38-26-12-13-31(44)30(23-26)43-20-18-42(19-21-43)17-7-15-36/h3-6,8-14,16,22-24,41,44H,7,17-21H2,1-2H3,(H,37,38,39). The van der Waals surface area contributed by atoms with Crippen molar-refractivity contribution in [1.29, 1.82) is 5.26 Å². The number of piperazine rings is 1. The molecule has 3 heterocycles. The zero-order valence-corrected chi connectivity index (χ0v) is 27.5. The number of hydrogen-bond donors (Lipinski definition) is 3. The van der Waals surface area contributed by atoms with Crippen molar-refractivity contribution in [1.82, 2.24) is 19.9 Å². The van der Waals surface area contributed by atoms with Crippen molar-refractivity contribution in [3.8, 4) is 33.6 Å². The summed E-state index contributed by atoms with van der Waals surface area (Å²) in [5.41, 5.74) is 5.26. The molecule has 0 amide bonds. The van der Waals surface area contributed by atoms with Crippen LogP contribution in [0.3, 0.4) is 0 Å². The minimum atomic E-state index is 0.236. The number of phenols is 1. The number of nitrogens with zero attached hydrogens (tertiary/aromatic N) is 6. The quantitative estimate of drug-likeness (QED) is 0.0962. The van der Waals surface area contributed by atoms with Crippen LogP contribution in [0.1, 0.15) is 31.2 Å². The van der Waals surface area contributed by atoms with Crippen molar-refractivity contribution in [3.63, 3.8) is 0 Å². The molecule has 3 N–H and O–H groups in total. The largest absolute Gasteiger partial charge is 0.506 e. The Kier molecular flexibility index (Phi) is 9.98. The van der Waals surface area contributed by atoms with Gasteiger partial charge in [-0.05, 0) is 60.5 Å². The maximum atomic E-state index is 10.7. The lowest BCUT2D eigenvalue weighted by atomic mass is 10.1. The maximum absolute atomic E-state index is 10.7. The van der Waals surface area contributed by atoms with Gasteiger partial charge in [-0.2, -0.15) is 5.26 Å². The first-order chi connectivity index (χ1) is 22.5. The molecule has 234 valence electrons. The Morgan fingerprint density at radius 1 is 0.957 bits per heavy atom. The van der Waals surface area contributed by atoms with Gasteiger partial charge >= 0.3 is 0 Å². The molecule has 0 spiro atoms. The van der Waals surface area contributed by atoms with Crippen LogP contribution in [0.25, 0.3) is 21.8 Å². The number of hydrogen-bond acceptors (Lipinski definition) is 11. The van der Waals surface area contributed by atoms with E-state index in [1.165, 1.54) is 0 Å². The SMILES string of the molecule is CC(C)c1nc(-c2cccc(NSc3ccccc3)c2)c(-c2ccnc(Nc3ccc(O)c(N4CCN(CCC#N)CC4)c3)n2)s1. The molecule has 1 aliphatic heterocycles. The van der Waals surface area contributed by atoms with Crippen LogP contribution >= 0.6 is 23.3 Å². The Balaban J connectivity index is 1.22. The van der Waals surface area contributed by atoms with Crippen molar-refractivity contribution in [2.24, 2.45) is 0 Å². The molecule has 0 unspecified atom stereocenters. The number of rotatable bonds is 11. The lowest BCUT2D eigenvalue weighted by Gasteiger charge is -2.36. The highest BCUT2D eigenvalue weighted by molar-refractivity contribution is 8.00. The molecule has 5 aromatic rings. The predicted octanol–water partition coefficient (Wildman–Crippen LogP) is 7.99. The van der Waals surface area contributed by atoms with Crippen LogP contribution in [0.5, 0.6) is 5.75 Å². The first-order valence-corrected chi connectivity index (χ1v) is 17.0. The molecule has 1 saturated heterocycles. The van der Waals surface area contributed by atoms with Crippen LogP contribution in [0, 0.1) is 11.3 Å². The highest BCUT2D eigenvalue weighted by Gasteiger charge is 2.21. The minimum absolute atomic E-state index is 0.236. The molecule has 6 rings (SSSR count). The zero-order chi connectivity index (χ0) is 31.9. The molecule has 1 fully saturated rings. The summed E-state index contributed by atoms with van der Waals surface area (Å²) in [6.07, 6.45) is 2.29. The topological polar surface area (TPSA) is 113 Å². The average molecular weight is 649 g/mol. The summed E-state index contributed by atoms with van der Waals surface area (Å²) in [6.45, 7) is 8.35. The van der Waals surface area contributed by atoms with Crippen molar-refractivity contribution < 1.29 is 5.11 Å². The average Bonchev–Trinajstić information content (AvgIpc) is 3.55. The fraction of sp³-hybridized carbons (Fsp3) is 0.257. The molecule has 9 nitrogen and oxygen atoms in total. The Bertz CT molecular complexity index is 1810. The van der Waals surface area contributed by atoms with E-state index >= 15 is 0 Å². The summed E-state index contributed by atoms with van der Waals surface area (Å²) < 4.78 is 3.46. The van der Waals surface area contributed by atoms with Crippen LogP contribution in [0.2, 0.25) is 0 Å². The predicted molar refractivity (Wildman–Crippen MR) is 189 cm³/mol. The zero-order valence-electron chi connectivity index (χ0n) is 25.8. The van der Waals surface area contributed by atoms with Gasteiger partial charge in [0.25, 0.3) is 0 Å². The number of aromatic nitrogens is 3. The van der Waals surface area contributed by atoms with Crippen molar-refractivity contribution >= 4 is 46.3 Å². The van der Waals surface area contributed by atoms with E-state index in [0.717, 1.165) is 81.5 Å². The summed E-state index contributed by atoms with van der Waals surface area (Å²) in [6, 6.07) is 28.2. The molecular formula is C35H36N8OS2. The molecule has 0 saturated carbocycles. The first-order valence-electron chi connectivity index (χ1n) is 15.3. The minimum Gasteiger partial charge on any atom is -0.506 e. The van der Waals surface area contributed by atoms with E-state index < -0.39 is 0 Å². The van der Waals surface area contributed by atoms with E-state index in [2.05, 4.69) is 75.1 Å². The van der Waals surface area contributed by atoms with Crippen molar-refractivity contribution in [2.45, 2.75) is 31.1 Å². The molecular weight excluding hydrogens is 613 g/mol. The van der Waals surface area contributed by atoms with Gasteiger partial charge in [0.2, 0.25) is 5.95 Å². The molecule has 0 bridgehead atoms. The first kappa shape index (κ1) is 31.4. The van der Waals surface area contributed by atoms with Crippen LogP contribution < -0.4 is 14.9 Å². The van der Waals surface area contributed by atoms with Crippen LogP contribution in [0.4, 0.5) is 23.0 Å². The normalized spacial score (nSPS) is 13.5. The van der Waals surface area contributed by atoms with Gasteiger partial charge in [0.05, 0.1) is 33.0 Å². The third-order valence-electron chi connectivity index (χ3n) is 7.68. The van der Waals surface area contributed by atoms with Gasteiger partial charge in [-0.3, -0.25) is 4.90 Å². The summed E-state index contributed by atoms with van der Waals surface area (Å²) in [7, 11) is 0. The van der Waals surface area contributed by atoms with Gasteiger partial charge in [-0.25, -0.2) is 15.0 Å². The van der Waals surface area contributed by atoms with Crippen LogP contribution in [-0.4, -0.2) is 57.7 Å². The highest BCUT2D eigenvalue weighted by Crippen LogP contribution is 2.40. The van der Waals surface area contributed by atoms with Gasteiger partial charge in [0.1, 0.15) is 5.75 Å². The Labute approximate surface area is 278 Å². The summed E-state index contributed by atoms with van der Waals surface area (Å²) in [5, 5.41) is 24.0. The number of nitriles is 1. The molecule has 0 aliphatic carbocycles. The summed E-state index contributed by atoms with van der Waals surface area (Å²) in [5.74, 6) is 0.978. The van der Waals surface area contributed by atoms with Gasteiger partial charge in [0, 0.05) is 73.1 Å². The third kappa shape index (κ3) is 7.59. The number of thiazole rings is 1. The van der Waals surface area contributed by atoms with E-state index in [4.69, 9.17) is 15.2 Å². The molecule has 0 radical (unpaired) electrons. The highest BCUT2D eigenvalue weighted by atomic mass is 32.2. The Morgan fingerprint density at radius 2 is 1.78 bits per heavy atom. The van der Waals surface area contributed by atoms with E-state index in [9.17, 15) is 5.11 Å². The molecule has 0 atom stereocenters. The van der Waals surface area contributed by atoms with E-state index in [0.29, 0.717) is 12.4 Å². The Morgan fingerprint density at radius 3 is 2.57 bits per heavy atom. The Hall–Kier alpha value is -4.63. The van der Waals surface area contributed by atoms with E-state index in [1.54, 1.807) is 35.5 Å². The van der Waals surface area contributed by atoms with Gasteiger partial charge in [-0.15, -0.1) is 11.3 Å². The van der Waals surface area contributed by atoms with E-state index in [1.807, 2.05) is 42.5 Å². The maximum Gasteiger partial charge on any atom is 0.227 e. The fourth-order valence-corrected chi connectivity index (χ4v) is 6.95. The second kappa shape index (κ2) is 14.6. The number of anilines is 4. The number of benzene rings is 3. The van der Waals surface area contributed by atoms with Gasteiger partial charge < -0.3 is 20.0 Å². The summed E-state index contributed by atoms with van der Waals surface area (Å²) in [4.78, 5) is 21.1. The second-order valence-electron chi connectivity index (χ2n) is 11.3. The molecule has 11 heteroatoms. The lowest BCUT2D eigenvalue weighted by molar-refractivity contribution is 0.263. The van der Waals surface area contributed by atoms with E-state index in [-0.39, 0.29) is 11.7 Å². The molecule has 1 aliphatic rings. The molecule has 46 heavy (non-hydrogen) atoms. The number of aromatic hydroxyl groups is 1. The van der Waals surface area contributed by atoms with Gasteiger partial charge in [-0.1, -0.05) is 44.2 Å². The third-order valence-corrected chi connectivity index (χ3v) is 9.90.